The lowest BCUT2D eigenvalue weighted by atomic mass is 10.00. The number of nitrogens with one attached hydrogen (secondary N) is 1. The van der Waals surface area contributed by atoms with Crippen LogP contribution in [0.1, 0.15) is 39.5 Å². The molecule has 1 atom stereocenters. The Labute approximate surface area is 197 Å². The van der Waals surface area contributed by atoms with Crippen LogP contribution in [0.4, 0.5) is 0 Å². The van der Waals surface area contributed by atoms with E-state index < -0.39 is 40.5 Å². The first-order valence-electron chi connectivity index (χ1n) is 11.7. The van der Waals surface area contributed by atoms with Gasteiger partial charge < -0.3 is 17.8 Å². The molecule has 0 spiro atoms. The van der Waals surface area contributed by atoms with Crippen molar-refractivity contribution in [2.75, 3.05) is 13.2 Å². The lowest BCUT2D eigenvalue weighted by Crippen LogP contribution is -2.59. The molecule has 0 saturated heterocycles. The van der Waals surface area contributed by atoms with Gasteiger partial charge in [0.1, 0.15) is 24.7 Å². The Morgan fingerprint density at radius 1 is 1.03 bits per heavy atom. The number of rotatable bonds is 12. The molecule has 1 unspecified atom stereocenters. The molecule has 1 N–H and O–H groups in total. The van der Waals surface area contributed by atoms with E-state index in [4.69, 9.17) is 9.05 Å². The van der Waals surface area contributed by atoms with Gasteiger partial charge in [0.15, 0.2) is 0 Å². The quantitative estimate of drug-likeness (QED) is 0.206. The summed E-state index contributed by atoms with van der Waals surface area (Å²) in [5.74, 6) is 1.91. The van der Waals surface area contributed by atoms with Crippen LogP contribution < -0.4 is 4.75 Å². The molecule has 0 aromatic heterocycles. The topological polar surface area (TPSA) is 50.8 Å². The third kappa shape index (κ3) is 9.79. The second-order valence-corrected chi connectivity index (χ2v) is 30.7. The van der Waals surface area contributed by atoms with E-state index in [2.05, 4.69) is 73.8 Å². The molecule has 0 bridgehead atoms. The molecule has 0 heterocycles. The van der Waals surface area contributed by atoms with E-state index in [1.54, 1.807) is 0 Å². The standard InChI is InChI=1S/C21H48N2O3P2Si3/c1-12-25-28(24,26-13-2)19-21(20-17-15-14-16-18-20)27(22-29(3,4)5)23(30(6,7)8)31(9,10)11/h17,19,22H,12-16,18H2,1-11H3/b21-19+. The van der Waals surface area contributed by atoms with Gasteiger partial charge in [-0.1, -0.05) is 65.0 Å². The fourth-order valence-electron chi connectivity index (χ4n) is 4.11. The van der Waals surface area contributed by atoms with Gasteiger partial charge in [0.05, 0.1) is 13.2 Å². The van der Waals surface area contributed by atoms with Gasteiger partial charge in [-0.3, -0.25) is 4.57 Å². The highest BCUT2D eigenvalue weighted by molar-refractivity contribution is 7.66. The van der Waals surface area contributed by atoms with E-state index in [1.807, 2.05) is 19.7 Å². The van der Waals surface area contributed by atoms with Crippen LogP contribution in [-0.2, 0) is 13.6 Å². The second-order valence-electron chi connectivity index (χ2n) is 11.2. The lowest BCUT2D eigenvalue weighted by molar-refractivity contribution is 0.229. The molecular formula is C21H48N2O3P2Si3. The van der Waals surface area contributed by atoms with Crippen molar-refractivity contribution >= 4 is 40.5 Å². The molecule has 1 aliphatic carbocycles. The molecule has 31 heavy (non-hydrogen) atoms. The summed E-state index contributed by atoms with van der Waals surface area (Å²) < 4.78 is 32.2. The SMILES string of the molecule is CCOP(=O)(/C=C(\C1=CCCCC1)P(N[Si](C)(C)C)N([Si](C)(C)C)[Si](C)(C)C)OCC. The van der Waals surface area contributed by atoms with Crippen LogP contribution in [0.2, 0.25) is 58.9 Å². The van der Waals surface area contributed by atoms with Gasteiger partial charge in [-0.2, -0.15) is 0 Å². The summed E-state index contributed by atoms with van der Waals surface area (Å²) in [6.45, 7) is 26.3. The first-order chi connectivity index (χ1) is 14.0. The summed E-state index contributed by atoms with van der Waals surface area (Å²) >= 11 is 0. The van der Waals surface area contributed by atoms with E-state index in [0.29, 0.717) is 13.2 Å². The van der Waals surface area contributed by atoms with Gasteiger partial charge >= 0.3 is 7.60 Å². The zero-order valence-corrected chi connectivity index (χ0v) is 26.8. The fourth-order valence-corrected chi connectivity index (χ4v) is 24.9. The van der Waals surface area contributed by atoms with Crippen molar-refractivity contribution < 1.29 is 13.6 Å². The first-order valence-corrected chi connectivity index (χ1v) is 25.0. The van der Waals surface area contributed by atoms with Gasteiger partial charge in [0, 0.05) is 19.4 Å². The smallest absolute Gasteiger partial charge is 0.309 e. The zero-order chi connectivity index (χ0) is 24.1. The van der Waals surface area contributed by atoms with Gasteiger partial charge in [0.2, 0.25) is 0 Å². The summed E-state index contributed by atoms with van der Waals surface area (Å²) in [4.78, 5) is 0. The molecule has 0 fully saturated rings. The maximum Gasteiger partial charge on any atom is 0.354 e. The van der Waals surface area contributed by atoms with Crippen molar-refractivity contribution in [2.45, 2.75) is 98.5 Å². The van der Waals surface area contributed by atoms with E-state index in [0.717, 1.165) is 12.8 Å². The van der Waals surface area contributed by atoms with Crippen molar-refractivity contribution in [3.05, 3.63) is 22.8 Å². The van der Waals surface area contributed by atoms with Crippen LogP contribution in [0.25, 0.3) is 0 Å². The summed E-state index contributed by atoms with van der Waals surface area (Å²) in [6, 6.07) is 0. The molecule has 0 aromatic rings. The Bertz CT molecular complexity index is 671. The second kappa shape index (κ2) is 11.9. The maximum absolute atomic E-state index is 13.7. The minimum Gasteiger partial charge on any atom is -0.309 e. The number of nitrogens with zero attached hydrogens (tertiary/aromatic N) is 1. The molecule has 0 aliphatic heterocycles. The molecular weight excluding hydrogens is 474 g/mol. The third-order valence-electron chi connectivity index (χ3n) is 4.66. The van der Waals surface area contributed by atoms with Crippen molar-refractivity contribution in [1.29, 1.82) is 0 Å². The lowest BCUT2D eigenvalue weighted by Gasteiger charge is -2.51. The highest BCUT2D eigenvalue weighted by atomic mass is 31.2. The monoisotopic (exact) mass is 522 g/mol. The normalized spacial score (nSPS) is 18.3. The highest BCUT2D eigenvalue weighted by Crippen LogP contribution is 2.61. The van der Waals surface area contributed by atoms with Crippen LogP contribution in [0.3, 0.4) is 0 Å². The van der Waals surface area contributed by atoms with Crippen molar-refractivity contribution in [2.24, 2.45) is 0 Å². The van der Waals surface area contributed by atoms with E-state index in [-0.39, 0.29) is 0 Å². The highest BCUT2D eigenvalue weighted by Gasteiger charge is 2.44. The average molecular weight is 523 g/mol. The Morgan fingerprint density at radius 3 is 1.90 bits per heavy atom. The fraction of sp³-hybridized carbons (Fsp3) is 0.810. The molecule has 5 nitrogen and oxygen atoms in total. The van der Waals surface area contributed by atoms with Crippen LogP contribution in [-0.4, -0.2) is 41.9 Å². The van der Waals surface area contributed by atoms with Crippen molar-refractivity contribution in [3.8, 4) is 0 Å². The van der Waals surface area contributed by atoms with Crippen LogP contribution in [0.5, 0.6) is 0 Å². The molecule has 0 aromatic carbocycles. The average Bonchev–Trinajstić information content (AvgIpc) is 2.57. The zero-order valence-electron chi connectivity index (χ0n) is 22.0. The molecule has 0 radical (unpaired) electrons. The van der Waals surface area contributed by atoms with Gasteiger partial charge in [-0.15, -0.1) is 0 Å². The van der Waals surface area contributed by atoms with E-state index in [9.17, 15) is 4.57 Å². The minimum absolute atomic E-state index is 0.380. The third-order valence-corrected chi connectivity index (χ3v) is 22.8. The summed E-state index contributed by atoms with van der Waals surface area (Å²) in [5, 5.41) is 1.20. The largest absolute Gasteiger partial charge is 0.354 e. The summed E-state index contributed by atoms with van der Waals surface area (Å²) in [7, 11) is -9.14. The van der Waals surface area contributed by atoms with E-state index >= 15 is 0 Å². The van der Waals surface area contributed by atoms with Crippen LogP contribution >= 0.6 is 15.8 Å². The molecule has 10 heteroatoms. The Morgan fingerprint density at radius 2 is 1.55 bits per heavy atom. The Hall–Kier alpha value is 0.631. The molecule has 182 valence electrons. The van der Waals surface area contributed by atoms with Crippen molar-refractivity contribution in [1.82, 2.24) is 8.75 Å². The van der Waals surface area contributed by atoms with Gasteiger partial charge in [-0.05, 0) is 45.1 Å². The minimum atomic E-state index is -3.31. The summed E-state index contributed by atoms with van der Waals surface area (Å²) in [6.07, 6.45) is 6.94. The first kappa shape index (κ1) is 29.7. The van der Waals surface area contributed by atoms with Gasteiger partial charge in [0.25, 0.3) is 0 Å². The van der Waals surface area contributed by atoms with Gasteiger partial charge in [-0.25, -0.2) is 0 Å². The number of hydrogen-bond donors (Lipinski definition) is 1. The maximum atomic E-state index is 13.7. The van der Waals surface area contributed by atoms with Crippen LogP contribution in [0.15, 0.2) is 22.8 Å². The molecule has 1 rings (SSSR count). The molecule has 0 saturated carbocycles. The predicted octanol–water partition coefficient (Wildman–Crippen LogP) is 8.30. The molecule has 0 amide bonds. The van der Waals surface area contributed by atoms with E-state index in [1.165, 1.54) is 23.7 Å². The summed E-state index contributed by atoms with van der Waals surface area (Å²) in [5.41, 5.74) is 1.35. The number of allylic oxidation sites excluding steroid dienone is 3. The number of hydrogen-bond acceptors (Lipinski definition) is 5. The predicted molar refractivity (Wildman–Crippen MR) is 147 cm³/mol. The van der Waals surface area contributed by atoms with Crippen molar-refractivity contribution in [3.63, 3.8) is 0 Å². The Balaban J connectivity index is 3.81. The molecule has 1 aliphatic rings. The van der Waals surface area contributed by atoms with Crippen LogP contribution in [0, 0.1) is 0 Å². The Kier molecular flexibility index (Phi) is 11.3.